The van der Waals surface area contributed by atoms with Crippen LogP contribution >= 0.6 is 0 Å². The lowest BCUT2D eigenvalue weighted by Gasteiger charge is -2.37. The smallest absolute Gasteiger partial charge is 0.0729 e. The predicted octanol–water partition coefficient (Wildman–Crippen LogP) is 9.97. The van der Waals surface area contributed by atoms with Crippen molar-refractivity contribution in [2.24, 2.45) is 16.7 Å². The van der Waals surface area contributed by atoms with E-state index in [4.69, 9.17) is 0 Å². The van der Waals surface area contributed by atoms with Gasteiger partial charge in [-0.3, -0.25) is 0 Å². The first-order chi connectivity index (χ1) is 19.6. The van der Waals surface area contributed by atoms with Crippen molar-refractivity contribution in [1.82, 2.24) is 0 Å². The highest BCUT2D eigenvalue weighted by atomic mass is 16.3. The minimum atomic E-state index is -0.347. The fourth-order valence-corrected chi connectivity index (χ4v) is 6.46. The fraction of sp³-hybridized carbons (Fsp3) is 0.600. The lowest BCUT2D eigenvalue weighted by atomic mass is 9.68. The van der Waals surface area contributed by atoms with E-state index in [1.165, 1.54) is 27.9 Å². The molecule has 0 saturated carbocycles. The minimum absolute atomic E-state index is 0.00210. The summed E-state index contributed by atoms with van der Waals surface area (Å²) in [6.07, 6.45) is 19.3. The van der Waals surface area contributed by atoms with Gasteiger partial charge in [0.25, 0.3) is 0 Å². The molecular formula is C40H58O2. The largest absolute Gasteiger partial charge is 0.393 e. The number of allylic oxidation sites excluding steroid dienone is 10. The number of hydrogen-bond donors (Lipinski definition) is 2. The lowest BCUT2D eigenvalue weighted by molar-refractivity contribution is 0.117. The van der Waals surface area contributed by atoms with Crippen molar-refractivity contribution >= 4 is 0 Å². The van der Waals surface area contributed by atoms with E-state index in [1.807, 2.05) is 6.08 Å². The van der Waals surface area contributed by atoms with Gasteiger partial charge in [-0.25, -0.2) is 0 Å². The summed E-state index contributed by atoms with van der Waals surface area (Å²) in [6, 6.07) is 0. The molecule has 0 bridgehead atoms. The quantitative estimate of drug-likeness (QED) is 0.164. The molecule has 0 aromatic heterocycles. The molecule has 0 saturated heterocycles. The van der Waals surface area contributed by atoms with E-state index in [1.54, 1.807) is 0 Å². The molecule has 2 aliphatic carbocycles. The molecule has 0 amide bonds. The Labute approximate surface area is 258 Å². The van der Waals surface area contributed by atoms with E-state index < -0.39 is 0 Å². The van der Waals surface area contributed by atoms with E-state index in [-0.39, 0.29) is 29.0 Å². The Morgan fingerprint density at radius 2 is 1.36 bits per heavy atom. The maximum absolute atomic E-state index is 10.1. The SMILES string of the molecule is CC1=C[C@@H](O)CC(C)(C)[C@H]1C#C/C(C)=C/CC/C(C)=C/CC/C=C(\C)CC/C=C(\C)C#CC1=C(C)C[C@@H](O)CC1(C)C. The van der Waals surface area contributed by atoms with Crippen molar-refractivity contribution in [3.63, 3.8) is 0 Å². The molecule has 0 heterocycles. The summed E-state index contributed by atoms with van der Waals surface area (Å²) >= 11 is 0. The van der Waals surface area contributed by atoms with Crippen LogP contribution in [0.4, 0.5) is 0 Å². The van der Waals surface area contributed by atoms with Gasteiger partial charge in [-0.1, -0.05) is 104 Å². The van der Waals surface area contributed by atoms with Gasteiger partial charge in [-0.15, -0.1) is 0 Å². The molecule has 2 aliphatic rings. The van der Waals surface area contributed by atoms with Gasteiger partial charge in [0.15, 0.2) is 0 Å². The van der Waals surface area contributed by atoms with Gasteiger partial charge in [-0.2, -0.15) is 0 Å². The van der Waals surface area contributed by atoms with Crippen LogP contribution in [0.3, 0.4) is 0 Å². The van der Waals surface area contributed by atoms with Gasteiger partial charge in [0, 0.05) is 16.9 Å². The van der Waals surface area contributed by atoms with E-state index in [9.17, 15) is 10.2 Å². The van der Waals surface area contributed by atoms with Crippen LogP contribution in [0.1, 0.15) is 127 Å². The maximum Gasteiger partial charge on any atom is 0.0729 e. The van der Waals surface area contributed by atoms with E-state index in [0.717, 1.165) is 68.9 Å². The topological polar surface area (TPSA) is 40.5 Å². The zero-order valence-electron chi connectivity index (χ0n) is 28.4. The Hall–Kier alpha value is -2.52. The molecule has 2 N–H and O–H groups in total. The number of rotatable bonds is 9. The molecular weight excluding hydrogens is 512 g/mol. The lowest BCUT2D eigenvalue weighted by Crippen LogP contribution is -2.32. The molecule has 0 fully saturated rings. The molecule has 0 unspecified atom stereocenters. The van der Waals surface area contributed by atoms with Crippen LogP contribution in [0.15, 0.2) is 69.4 Å². The van der Waals surface area contributed by atoms with Crippen LogP contribution in [0.25, 0.3) is 0 Å². The van der Waals surface area contributed by atoms with Crippen LogP contribution < -0.4 is 0 Å². The molecule has 2 heteroatoms. The van der Waals surface area contributed by atoms with Gasteiger partial charge in [0.1, 0.15) is 0 Å². The van der Waals surface area contributed by atoms with E-state index >= 15 is 0 Å². The molecule has 42 heavy (non-hydrogen) atoms. The summed E-state index contributed by atoms with van der Waals surface area (Å²) in [7, 11) is 0. The number of aliphatic hydroxyl groups is 2. The van der Waals surface area contributed by atoms with Crippen molar-refractivity contribution in [3.05, 3.63) is 69.4 Å². The first kappa shape index (κ1) is 35.7. The fourth-order valence-electron chi connectivity index (χ4n) is 6.46. The molecule has 3 atom stereocenters. The molecule has 0 aromatic rings. The van der Waals surface area contributed by atoms with Gasteiger partial charge in [-0.05, 0) is 116 Å². The second-order valence-electron chi connectivity index (χ2n) is 14.3. The Kier molecular flexibility index (Phi) is 13.9. The Morgan fingerprint density at radius 1 is 0.810 bits per heavy atom. The molecule has 2 rings (SSSR count). The summed E-state index contributed by atoms with van der Waals surface area (Å²) in [5, 5.41) is 20.2. The van der Waals surface area contributed by atoms with Gasteiger partial charge < -0.3 is 10.2 Å². The van der Waals surface area contributed by atoms with Crippen LogP contribution in [-0.4, -0.2) is 22.4 Å². The van der Waals surface area contributed by atoms with Gasteiger partial charge >= 0.3 is 0 Å². The van der Waals surface area contributed by atoms with Crippen LogP contribution in [-0.2, 0) is 0 Å². The van der Waals surface area contributed by atoms with Crippen molar-refractivity contribution in [2.75, 3.05) is 0 Å². The Balaban J connectivity index is 1.76. The normalized spacial score (nSPS) is 24.9. The average Bonchev–Trinajstić information content (AvgIpc) is 2.84. The second-order valence-corrected chi connectivity index (χ2v) is 14.3. The first-order valence-corrected chi connectivity index (χ1v) is 16.0. The highest BCUT2D eigenvalue weighted by Gasteiger charge is 2.35. The zero-order chi connectivity index (χ0) is 31.5. The summed E-state index contributed by atoms with van der Waals surface area (Å²) in [6.45, 7) is 21.7. The average molecular weight is 571 g/mol. The summed E-state index contributed by atoms with van der Waals surface area (Å²) in [5.41, 5.74) is 8.71. The summed E-state index contributed by atoms with van der Waals surface area (Å²) in [4.78, 5) is 0. The van der Waals surface area contributed by atoms with E-state index in [2.05, 4.69) is 117 Å². The van der Waals surface area contributed by atoms with Crippen LogP contribution in [0.2, 0.25) is 0 Å². The van der Waals surface area contributed by atoms with Crippen molar-refractivity contribution in [1.29, 1.82) is 0 Å². The summed E-state index contributed by atoms with van der Waals surface area (Å²) in [5.74, 6) is 13.9. The van der Waals surface area contributed by atoms with Crippen LogP contribution in [0, 0.1) is 40.4 Å². The minimum Gasteiger partial charge on any atom is -0.393 e. The zero-order valence-corrected chi connectivity index (χ0v) is 28.4. The molecule has 0 aromatic carbocycles. The van der Waals surface area contributed by atoms with E-state index in [0.29, 0.717) is 0 Å². The first-order valence-electron chi connectivity index (χ1n) is 16.0. The Bertz CT molecular complexity index is 1250. The molecule has 230 valence electrons. The highest BCUT2D eigenvalue weighted by Crippen LogP contribution is 2.41. The third-order valence-corrected chi connectivity index (χ3v) is 8.75. The third-order valence-electron chi connectivity index (χ3n) is 8.75. The monoisotopic (exact) mass is 570 g/mol. The molecule has 0 spiro atoms. The molecule has 0 aliphatic heterocycles. The third kappa shape index (κ3) is 12.0. The van der Waals surface area contributed by atoms with Crippen LogP contribution in [0.5, 0.6) is 0 Å². The maximum atomic E-state index is 10.1. The molecule has 2 nitrogen and oxygen atoms in total. The number of hydrogen-bond acceptors (Lipinski definition) is 2. The highest BCUT2D eigenvalue weighted by molar-refractivity contribution is 5.44. The summed E-state index contributed by atoms with van der Waals surface area (Å²) < 4.78 is 0. The van der Waals surface area contributed by atoms with Crippen molar-refractivity contribution in [2.45, 2.75) is 139 Å². The van der Waals surface area contributed by atoms with Gasteiger partial charge in [0.05, 0.1) is 12.2 Å². The Morgan fingerprint density at radius 3 is 1.88 bits per heavy atom. The second kappa shape index (κ2) is 16.4. The van der Waals surface area contributed by atoms with Crippen molar-refractivity contribution < 1.29 is 10.2 Å². The molecule has 0 radical (unpaired) electrons. The predicted molar refractivity (Wildman–Crippen MR) is 182 cm³/mol. The van der Waals surface area contributed by atoms with Gasteiger partial charge in [0.2, 0.25) is 0 Å². The van der Waals surface area contributed by atoms with Crippen molar-refractivity contribution in [3.8, 4) is 23.7 Å². The number of aliphatic hydroxyl groups excluding tert-OH is 2. The number of unbranched alkanes of at least 4 members (excludes halogenated alkanes) is 1. The standard InChI is InChI=1S/C40H58O2/c1-29(17-13-19-31(3)21-23-37-33(5)25-35(41)27-39(37,7)8)15-11-12-16-30(2)18-14-20-32(4)22-24-38-34(6)26-36(42)28-40(38,9)10/h15-16,19-20,25,35-37,41-42H,11-14,17-18,26-28H2,1-10H3/b29-15+,30-16+,31-19+,32-20+/t35-,36-,37+/m1/s1.